The topological polar surface area (TPSA) is 96.0 Å². The van der Waals surface area contributed by atoms with Crippen LogP contribution in [0.25, 0.3) is 0 Å². The zero-order chi connectivity index (χ0) is 29.8. The first-order valence-corrected chi connectivity index (χ1v) is 15.8. The maximum absolute atomic E-state index is 13.9. The molecule has 220 valence electrons. The average Bonchev–Trinajstić information content (AvgIpc) is 2.93. The van der Waals surface area contributed by atoms with E-state index in [0.29, 0.717) is 24.5 Å². The standard InChI is InChI=1S/C32H41N3O5S/c1-5-40-30-20-13-12-19-28(30)35(41(4,38)39)22-14-21-31(36)34(24-27-17-10-7-11-18-27)29(32(37)33-25(2)3)23-26-15-8-6-9-16-26/h6-13,15-20,25,29H,5,14,21-24H2,1-4H3,(H,33,37)/t29-/m0/s1. The Kier molecular flexibility index (Phi) is 11.8. The molecule has 41 heavy (non-hydrogen) atoms. The van der Waals surface area contributed by atoms with Crippen LogP contribution in [0.5, 0.6) is 5.75 Å². The summed E-state index contributed by atoms with van der Waals surface area (Å²) < 4.78 is 32.5. The zero-order valence-electron chi connectivity index (χ0n) is 24.3. The van der Waals surface area contributed by atoms with Crippen molar-refractivity contribution in [3.63, 3.8) is 0 Å². The number of amides is 2. The van der Waals surface area contributed by atoms with Gasteiger partial charge >= 0.3 is 0 Å². The maximum Gasteiger partial charge on any atom is 0.243 e. The number of benzene rings is 3. The quantitative estimate of drug-likeness (QED) is 0.279. The molecular formula is C32H41N3O5S. The zero-order valence-corrected chi connectivity index (χ0v) is 25.1. The lowest BCUT2D eigenvalue weighted by atomic mass is 10.0. The number of rotatable bonds is 15. The van der Waals surface area contributed by atoms with Gasteiger partial charge in [-0.25, -0.2) is 8.42 Å². The van der Waals surface area contributed by atoms with E-state index in [4.69, 9.17) is 4.74 Å². The number of anilines is 1. The molecule has 1 atom stereocenters. The number of nitrogens with one attached hydrogen (secondary N) is 1. The van der Waals surface area contributed by atoms with Gasteiger partial charge in [-0.15, -0.1) is 0 Å². The molecule has 0 saturated carbocycles. The van der Waals surface area contributed by atoms with Crippen LogP contribution in [0, 0.1) is 0 Å². The molecule has 8 nitrogen and oxygen atoms in total. The van der Waals surface area contributed by atoms with Crippen LogP contribution in [0.15, 0.2) is 84.9 Å². The molecule has 0 spiro atoms. The minimum absolute atomic E-state index is 0.0654. The lowest BCUT2D eigenvalue weighted by Gasteiger charge is -2.32. The predicted molar refractivity (Wildman–Crippen MR) is 163 cm³/mol. The smallest absolute Gasteiger partial charge is 0.243 e. The van der Waals surface area contributed by atoms with Gasteiger partial charge in [-0.3, -0.25) is 13.9 Å². The lowest BCUT2D eigenvalue weighted by Crippen LogP contribution is -2.51. The molecule has 3 aromatic rings. The monoisotopic (exact) mass is 579 g/mol. The van der Waals surface area contributed by atoms with Gasteiger partial charge in [-0.05, 0) is 50.5 Å². The highest BCUT2D eigenvalue weighted by atomic mass is 32.2. The van der Waals surface area contributed by atoms with Crippen molar-refractivity contribution >= 4 is 27.5 Å². The normalized spacial score (nSPS) is 12.0. The number of nitrogens with zero attached hydrogens (tertiary/aromatic N) is 2. The SMILES string of the molecule is CCOc1ccccc1N(CCCC(=O)N(Cc1ccccc1)[C@@H](Cc1ccccc1)C(=O)NC(C)C)S(C)(=O)=O. The van der Waals surface area contributed by atoms with Crippen LogP contribution >= 0.6 is 0 Å². The van der Waals surface area contributed by atoms with Crippen LogP contribution in [0.1, 0.15) is 44.7 Å². The van der Waals surface area contributed by atoms with Crippen LogP contribution in [-0.2, 0) is 32.6 Å². The van der Waals surface area contributed by atoms with Crippen molar-refractivity contribution in [2.24, 2.45) is 0 Å². The second-order valence-electron chi connectivity index (χ2n) is 10.2. The van der Waals surface area contributed by atoms with Crippen molar-refractivity contribution in [1.82, 2.24) is 10.2 Å². The number of sulfonamides is 1. The number of hydrogen-bond donors (Lipinski definition) is 1. The highest BCUT2D eigenvalue weighted by Gasteiger charge is 2.31. The summed E-state index contributed by atoms with van der Waals surface area (Å²) in [6.07, 6.45) is 1.83. The third-order valence-corrected chi connectivity index (χ3v) is 7.66. The van der Waals surface area contributed by atoms with Gasteiger partial charge in [0.15, 0.2) is 0 Å². The average molecular weight is 580 g/mol. The summed E-state index contributed by atoms with van der Waals surface area (Å²) in [5, 5.41) is 2.98. The van der Waals surface area contributed by atoms with Gasteiger partial charge in [0, 0.05) is 32.0 Å². The lowest BCUT2D eigenvalue weighted by molar-refractivity contribution is -0.141. The predicted octanol–water partition coefficient (Wildman–Crippen LogP) is 4.80. The van der Waals surface area contributed by atoms with Gasteiger partial charge in [-0.1, -0.05) is 72.8 Å². The Labute approximate surface area is 244 Å². The molecule has 2 amide bonds. The molecule has 9 heteroatoms. The molecule has 0 unspecified atom stereocenters. The van der Waals surface area contributed by atoms with E-state index in [-0.39, 0.29) is 43.8 Å². The minimum Gasteiger partial charge on any atom is -0.492 e. The Hall–Kier alpha value is -3.85. The summed E-state index contributed by atoms with van der Waals surface area (Å²) in [6, 6.07) is 25.3. The first kappa shape index (κ1) is 31.7. The number of carbonyl (C=O) groups is 2. The largest absolute Gasteiger partial charge is 0.492 e. The number of carbonyl (C=O) groups excluding carboxylic acids is 2. The third kappa shape index (κ3) is 9.63. The van der Waals surface area contributed by atoms with E-state index in [1.54, 1.807) is 29.2 Å². The van der Waals surface area contributed by atoms with Crippen molar-refractivity contribution in [2.45, 2.75) is 58.7 Å². The minimum atomic E-state index is -3.65. The van der Waals surface area contributed by atoms with E-state index >= 15 is 0 Å². The third-order valence-electron chi connectivity index (χ3n) is 6.48. The van der Waals surface area contributed by atoms with Crippen molar-refractivity contribution in [2.75, 3.05) is 23.7 Å². The molecule has 3 aromatic carbocycles. The molecule has 1 N–H and O–H groups in total. The first-order chi connectivity index (χ1) is 19.6. The fourth-order valence-electron chi connectivity index (χ4n) is 4.64. The van der Waals surface area contributed by atoms with E-state index in [1.807, 2.05) is 81.4 Å². The summed E-state index contributed by atoms with van der Waals surface area (Å²) in [5.74, 6) is 0.0162. The Morgan fingerprint density at radius 2 is 1.46 bits per heavy atom. The van der Waals surface area contributed by atoms with Gasteiger partial charge < -0.3 is 15.0 Å². The van der Waals surface area contributed by atoms with Crippen molar-refractivity contribution < 1.29 is 22.7 Å². The molecule has 0 fully saturated rings. The van der Waals surface area contributed by atoms with E-state index in [9.17, 15) is 18.0 Å². The van der Waals surface area contributed by atoms with Crippen LogP contribution in [0.2, 0.25) is 0 Å². The highest BCUT2D eigenvalue weighted by molar-refractivity contribution is 7.92. The Bertz CT molecular complexity index is 1360. The molecular weight excluding hydrogens is 538 g/mol. The fraction of sp³-hybridized carbons (Fsp3) is 0.375. The Morgan fingerprint density at radius 1 is 0.878 bits per heavy atom. The first-order valence-electron chi connectivity index (χ1n) is 14.0. The van der Waals surface area contributed by atoms with E-state index in [2.05, 4.69) is 5.32 Å². The van der Waals surface area contributed by atoms with Gasteiger partial charge in [0.1, 0.15) is 11.8 Å². The van der Waals surface area contributed by atoms with Gasteiger partial charge in [0.05, 0.1) is 18.6 Å². The number of para-hydroxylation sites is 2. The Morgan fingerprint density at radius 3 is 2.05 bits per heavy atom. The van der Waals surface area contributed by atoms with E-state index in [1.165, 1.54) is 4.31 Å². The molecule has 0 radical (unpaired) electrons. The van der Waals surface area contributed by atoms with Crippen LogP contribution < -0.4 is 14.4 Å². The summed E-state index contributed by atoms with van der Waals surface area (Å²) >= 11 is 0. The van der Waals surface area contributed by atoms with Crippen LogP contribution in [0.4, 0.5) is 5.69 Å². The molecule has 0 aliphatic heterocycles. The summed E-state index contributed by atoms with van der Waals surface area (Å²) in [5.41, 5.74) is 2.28. The van der Waals surface area contributed by atoms with E-state index < -0.39 is 16.1 Å². The highest BCUT2D eigenvalue weighted by Crippen LogP contribution is 2.30. The van der Waals surface area contributed by atoms with Crippen molar-refractivity contribution in [1.29, 1.82) is 0 Å². The maximum atomic E-state index is 13.9. The van der Waals surface area contributed by atoms with Crippen LogP contribution in [-0.4, -0.2) is 56.6 Å². The molecule has 3 rings (SSSR count). The molecule has 0 aliphatic rings. The number of ether oxygens (including phenoxy) is 1. The van der Waals surface area contributed by atoms with Crippen LogP contribution in [0.3, 0.4) is 0 Å². The van der Waals surface area contributed by atoms with Crippen molar-refractivity contribution in [3.8, 4) is 5.75 Å². The van der Waals surface area contributed by atoms with E-state index in [0.717, 1.165) is 17.4 Å². The number of hydrogen-bond acceptors (Lipinski definition) is 5. The summed E-state index contributed by atoms with van der Waals surface area (Å²) in [6.45, 7) is 6.36. The fourth-order valence-corrected chi connectivity index (χ4v) is 5.61. The Balaban J connectivity index is 1.87. The molecule has 0 aliphatic carbocycles. The second kappa shape index (κ2) is 15.2. The molecule has 0 bridgehead atoms. The van der Waals surface area contributed by atoms with Gasteiger partial charge in [0.2, 0.25) is 21.8 Å². The van der Waals surface area contributed by atoms with Crippen molar-refractivity contribution in [3.05, 3.63) is 96.1 Å². The van der Waals surface area contributed by atoms with Gasteiger partial charge in [0.25, 0.3) is 0 Å². The summed E-state index contributed by atoms with van der Waals surface area (Å²) in [7, 11) is -3.65. The molecule has 0 saturated heterocycles. The second-order valence-corrected chi connectivity index (χ2v) is 12.1. The molecule has 0 heterocycles. The summed E-state index contributed by atoms with van der Waals surface area (Å²) in [4.78, 5) is 29.0. The molecule has 0 aromatic heterocycles. The van der Waals surface area contributed by atoms with Gasteiger partial charge in [-0.2, -0.15) is 0 Å².